The Labute approximate surface area is 115 Å². The van der Waals surface area contributed by atoms with E-state index in [1.54, 1.807) is 23.2 Å². The van der Waals surface area contributed by atoms with Crippen LogP contribution in [-0.4, -0.2) is 28.3 Å². The van der Waals surface area contributed by atoms with E-state index in [1.807, 2.05) is 0 Å². The Morgan fingerprint density at radius 3 is 3.11 bits per heavy atom. The summed E-state index contributed by atoms with van der Waals surface area (Å²) in [7, 11) is 0. The molecule has 0 bridgehead atoms. The molecule has 2 rings (SSSR count). The number of hydrogen-bond acceptors (Lipinski definition) is 4. The van der Waals surface area contributed by atoms with Gasteiger partial charge in [0.1, 0.15) is 5.82 Å². The molecule has 1 amide bonds. The third kappa shape index (κ3) is 3.23. The summed E-state index contributed by atoms with van der Waals surface area (Å²) in [6.07, 6.45) is 2.05. The molecular weight excluding hydrogens is 272 g/mol. The number of nitrogens with zero attached hydrogens (tertiary/aromatic N) is 2. The molecule has 1 aliphatic rings. The molecule has 2 heterocycles. The lowest BCUT2D eigenvalue weighted by Crippen LogP contribution is -2.25. The third-order valence-corrected chi connectivity index (χ3v) is 3.99. The fourth-order valence-electron chi connectivity index (χ4n) is 1.89. The number of rotatable bonds is 3. The minimum atomic E-state index is 0.0407. The Kier molecular flexibility index (Phi) is 4.24. The van der Waals surface area contributed by atoms with Gasteiger partial charge in [-0.15, -0.1) is 0 Å². The van der Waals surface area contributed by atoms with E-state index in [2.05, 4.69) is 4.98 Å². The number of pyridine rings is 1. The van der Waals surface area contributed by atoms with Gasteiger partial charge in [0.2, 0.25) is 5.91 Å². The van der Waals surface area contributed by atoms with Crippen LogP contribution in [0, 0.1) is 5.92 Å². The zero-order valence-corrected chi connectivity index (χ0v) is 11.5. The van der Waals surface area contributed by atoms with Crippen molar-refractivity contribution >= 4 is 40.2 Å². The van der Waals surface area contributed by atoms with Crippen molar-refractivity contribution in [2.45, 2.75) is 13.3 Å². The second-order valence-electron chi connectivity index (χ2n) is 4.21. The minimum absolute atomic E-state index is 0.0407. The van der Waals surface area contributed by atoms with Crippen molar-refractivity contribution in [1.82, 2.24) is 4.98 Å². The molecule has 6 heteroatoms. The van der Waals surface area contributed by atoms with Crippen LogP contribution in [0.3, 0.4) is 0 Å². The van der Waals surface area contributed by atoms with Crippen LogP contribution in [0.2, 0.25) is 5.02 Å². The van der Waals surface area contributed by atoms with E-state index < -0.39 is 0 Å². The highest BCUT2D eigenvalue weighted by atomic mass is 35.5. The molecule has 18 heavy (non-hydrogen) atoms. The molecule has 0 N–H and O–H groups in total. The van der Waals surface area contributed by atoms with E-state index in [0.717, 1.165) is 0 Å². The van der Waals surface area contributed by atoms with Gasteiger partial charge in [-0.05, 0) is 18.1 Å². The monoisotopic (exact) mass is 284 g/mol. The van der Waals surface area contributed by atoms with E-state index in [1.165, 1.54) is 18.7 Å². The van der Waals surface area contributed by atoms with Crippen LogP contribution >= 0.6 is 23.4 Å². The first-order chi connectivity index (χ1) is 8.56. The van der Waals surface area contributed by atoms with Gasteiger partial charge in [0.25, 0.3) is 0 Å². The highest BCUT2D eigenvalue weighted by Crippen LogP contribution is 2.27. The Hall–Kier alpha value is -1.07. The predicted molar refractivity (Wildman–Crippen MR) is 72.8 cm³/mol. The summed E-state index contributed by atoms with van der Waals surface area (Å²) in [5.74, 6) is 1.51. The van der Waals surface area contributed by atoms with Crippen LogP contribution in [0.4, 0.5) is 5.82 Å². The van der Waals surface area contributed by atoms with Crippen LogP contribution in [-0.2, 0) is 9.59 Å². The molecule has 1 aromatic heterocycles. The largest absolute Gasteiger partial charge is 0.296 e. The normalized spacial score (nSPS) is 19.3. The maximum absolute atomic E-state index is 11.9. The first-order valence-electron chi connectivity index (χ1n) is 5.61. The van der Waals surface area contributed by atoms with Crippen molar-refractivity contribution in [2.75, 3.05) is 17.2 Å². The number of carbonyl (C=O) groups excluding carboxylic acids is 2. The van der Waals surface area contributed by atoms with Crippen LogP contribution in [0.5, 0.6) is 0 Å². The van der Waals surface area contributed by atoms with Crippen LogP contribution in [0.25, 0.3) is 0 Å². The molecular formula is C12H13ClN2O2S. The minimum Gasteiger partial charge on any atom is -0.296 e. The van der Waals surface area contributed by atoms with E-state index in [9.17, 15) is 9.59 Å². The number of carbonyl (C=O) groups is 2. The summed E-state index contributed by atoms with van der Waals surface area (Å²) in [5.41, 5.74) is 0. The third-order valence-electron chi connectivity index (χ3n) is 2.71. The van der Waals surface area contributed by atoms with Crippen molar-refractivity contribution in [3.63, 3.8) is 0 Å². The molecule has 1 saturated heterocycles. The molecule has 4 nitrogen and oxygen atoms in total. The molecule has 96 valence electrons. The van der Waals surface area contributed by atoms with Gasteiger partial charge in [-0.1, -0.05) is 23.4 Å². The Morgan fingerprint density at radius 1 is 1.67 bits per heavy atom. The molecule has 1 atom stereocenters. The van der Waals surface area contributed by atoms with E-state index in [0.29, 0.717) is 29.6 Å². The number of hydrogen-bond donors (Lipinski definition) is 0. The summed E-state index contributed by atoms with van der Waals surface area (Å²) in [5, 5.41) is 0.649. The molecule has 0 aromatic carbocycles. The van der Waals surface area contributed by atoms with Gasteiger partial charge in [-0.2, -0.15) is 0 Å². The smallest absolute Gasteiger partial charge is 0.228 e. The zero-order valence-electron chi connectivity index (χ0n) is 9.93. The Morgan fingerprint density at radius 2 is 2.44 bits per heavy atom. The number of halogens is 1. The first-order valence-corrected chi connectivity index (χ1v) is 6.98. The maximum Gasteiger partial charge on any atom is 0.228 e. The van der Waals surface area contributed by atoms with Crippen LogP contribution in [0.15, 0.2) is 18.3 Å². The van der Waals surface area contributed by atoms with Gasteiger partial charge < -0.3 is 0 Å². The van der Waals surface area contributed by atoms with Gasteiger partial charge >= 0.3 is 0 Å². The SMILES string of the molecule is CC(=O)SCC1CC(=O)N(c2cc(Cl)ccn2)C1. The maximum atomic E-state index is 11.9. The molecule has 1 aromatic rings. The van der Waals surface area contributed by atoms with Crippen molar-refractivity contribution in [3.8, 4) is 0 Å². The van der Waals surface area contributed by atoms with Crippen LogP contribution < -0.4 is 4.90 Å². The van der Waals surface area contributed by atoms with Crippen molar-refractivity contribution in [2.24, 2.45) is 5.92 Å². The number of aromatic nitrogens is 1. The highest BCUT2D eigenvalue weighted by Gasteiger charge is 2.31. The number of amides is 1. The number of anilines is 1. The fraction of sp³-hybridized carbons (Fsp3) is 0.417. The summed E-state index contributed by atoms with van der Waals surface area (Å²) in [6.45, 7) is 2.14. The lowest BCUT2D eigenvalue weighted by molar-refractivity contribution is -0.117. The van der Waals surface area contributed by atoms with E-state index >= 15 is 0 Å². The lowest BCUT2D eigenvalue weighted by Gasteiger charge is -2.15. The predicted octanol–water partition coefficient (Wildman–Crippen LogP) is 2.37. The molecule has 0 saturated carbocycles. The van der Waals surface area contributed by atoms with Gasteiger partial charge in [0.15, 0.2) is 5.12 Å². The number of thioether (sulfide) groups is 1. The standard InChI is InChI=1S/C12H13ClN2O2S/c1-8(16)18-7-9-4-12(17)15(6-9)11-5-10(13)2-3-14-11/h2-3,5,9H,4,6-7H2,1H3. The fourth-order valence-corrected chi connectivity index (χ4v) is 2.74. The molecule has 1 fully saturated rings. The van der Waals surface area contributed by atoms with Crippen molar-refractivity contribution < 1.29 is 9.59 Å². The molecule has 0 radical (unpaired) electrons. The first kappa shape index (κ1) is 13.4. The summed E-state index contributed by atoms with van der Waals surface area (Å²) in [4.78, 5) is 28.6. The summed E-state index contributed by atoms with van der Waals surface area (Å²) < 4.78 is 0. The second kappa shape index (κ2) is 5.71. The molecule has 1 unspecified atom stereocenters. The van der Waals surface area contributed by atoms with Gasteiger partial charge in [-0.3, -0.25) is 14.5 Å². The van der Waals surface area contributed by atoms with Gasteiger partial charge in [0, 0.05) is 36.9 Å². The summed E-state index contributed by atoms with van der Waals surface area (Å²) >= 11 is 7.15. The van der Waals surface area contributed by atoms with E-state index in [-0.39, 0.29) is 16.9 Å². The van der Waals surface area contributed by atoms with Gasteiger partial charge in [0.05, 0.1) is 0 Å². The summed E-state index contributed by atoms with van der Waals surface area (Å²) in [6, 6.07) is 3.36. The molecule has 0 aliphatic carbocycles. The average molecular weight is 285 g/mol. The van der Waals surface area contributed by atoms with E-state index in [4.69, 9.17) is 11.6 Å². The van der Waals surface area contributed by atoms with Crippen molar-refractivity contribution in [1.29, 1.82) is 0 Å². The Balaban J connectivity index is 2.03. The van der Waals surface area contributed by atoms with Crippen LogP contribution in [0.1, 0.15) is 13.3 Å². The quantitative estimate of drug-likeness (QED) is 0.855. The topological polar surface area (TPSA) is 50.3 Å². The Bertz CT molecular complexity index is 481. The molecule has 1 aliphatic heterocycles. The average Bonchev–Trinajstić information content (AvgIpc) is 2.68. The zero-order chi connectivity index (χ0) is 13.1. The second-order valence-corrected chi connectivity index (χ2v) is 5.84. The lowest BCUT2D eigenvalue weighted by atomic mass is 10.1. The highest BCUT2D eigenvalue weighted by molar-refractivity contribution is 8.13. The van der Waals surface area contributed by atoms with Crippen molar-refractivity contribution in [3.05, 3.63) is 23.4 Å². The molecule has 0 spiro atoms. The van der Waals surface area contributed by atoms with Gasteiger partial charge in [-0.25, -0.2) is 4.98 Å².